The second-order valence-corrected chi connectivity index (χ2v) is 10.9. The largest absolute Gasteiger partial charge is 0.494 e. The number of carbonyl (C=O) groups is 1. The minimum atomic E-state index is -5.08. The molecule has 0 spiro atoms. The second kappa shape index (κ2) is 15.4. The van der Waals surface area contributed by atoms with Gasteiger partial charge in [-0.25, -0.2) is 4.79 Å². The summed E-state index contributed by atoms with van der Waals surface area (Å²) in [7, 11) is 0. The van der Waals surface area contributed by atoms with Gasteiger partial charge in [0.15, 0.2) is 0 Å². The fourth-order valence-electron chi connectivity index (χ4n) is 5.54. The maximum absolute atomic E-state index is 10.6. The molecule has 0 amide bonds. The molecule has 0 unspecified atom stereocenters. The van der Waals surface area contributed by atoms with Gasteiger partial charge in [-0.05, 0) is 69.5 Å². The summed E-state index contributed by atoms with van der Waals surface area (Å²) in [5.41, 5.74) is 10.8. The first-order chi connectivity index (χ1) is 20.8. The molecule has 0 fully saturated rings. The monoisotopic (exact) mass is 588 g/mol. The van der Waals surface area contributed by atoms with Gasteiger partial charge in [0.2, 0.25) is 0 Å². The normalized spacial score (nSPS) is 11.7. The number of aliphatic carboxylic acids is 1. The van der Waals surface area contributed by atoms with Gasteiger partial charge in [0, 0.05) is 0 Å². The number of carboxylic acids is 1. The van der Waals surface area contributed by atoms with Crippen LogP contribution in [0.2, 0.25) is 0 Å². The predicted octanol–water partition coefficient (Wildman–Crippen LogP) is 10.7. The number of rotatable bonds is 12. The lowest BCUT2D eigenvalue weighted by Crippen LogP contribution is -2.21. The third kappa shape index (κ3) is 8.73. The molecule has 1 aliphatic carbocycles. The van der Waals surface area contributed by atoms with Crippen LogP contribution in [0.25, 0.3) is 33.4 Å². The third-order valence-electron chi connectivity index (χ3n) is 7.72. The van der Waals surface area contributed by atoms with E-state index in [4.69, 9.17) is 14.6 Å². The standard InChI is InChI=1S/C35H38O.C2HF3O2/c1-2-3-4-5-6-7-8-14-25-36-30-21-19-27(20-22-30)32-23-24-33-31-18-13-12-17-29(31)26-34(33)35(32)28-15-10-9-11-16-28;3-2(4,5)1(6)7/h9-13,15-24H,2-8,14,25-26H2,1H3;(H,6,7). The number of hydrogen-bond donors (Lipinski definition) is 1. The summed E-state index contributed by atoms with van der Waals surface area (Å²) < 4.78 is 37.8. The Morgan fingerprint density at radius 1 is 0.698 bits per heavy atom. The molecule has 0 saturated carbocycles. The summed E-state index contributed by atoms with van der Waals surface area (Å²) >= 11 is 0. The van der Waals surface area contributed by atoms with Crippen molar-refractivity contribution in [2.24, 2.45) is 0 Å². The van der Waals surface area contributed by atoms with Crippen LogP contribution in [0.1, 0.15) is 69.4 Å². The number of ether oxygens (including phenoxy) is 1. The second-order valence-electron chi connectivity index (χ2n) is 10.9. The zero-order valence-electron chi connectivity index (χ0n) is 24.6. The van der Waals surface area contributed by atoms with Crippen LogP contribution in [0.4, 0.5) is 13.2 Å². The molecule has 3 nitrogen and oxygen atoms in total. The van der Waals surface area contributed by atoms with Gasteiger partial charge in [-0.2, -0.15) is 13.2 Å². The van der Waals surface area contributed by atoms with E-state index in [0.29, 0.717) is 0 Å². The van der Waals surface area contributed by atoms with Gasteiger partial charge < -0.3 is 9.84 Å². The Kier molecular flexibility index (Phi) is 11.4. The molecule has 0 heterocycles. The SMILES string of the molecule is CCCCCCCCCCOc1ccc(-c2ccc3c(c2-c2ccccc2)Cc2ccccc2-3)cc1.O=C(O)C(F)(F)F. The lowest BCUT2D eigenvalue weighted by atomic mass is 9.88. The van der Waals surface area contributed by atoms with Gasteiger partial charge in [-0.15, -0.1) is 0 Å². The van der Waals surface area contributed by atoms with E-state index in [1.54, 1.807) is 0 Å². The Morgan fingerprint density at radius 2 is 1.28 bits per heavy atom. The van der Waals surface area contributed by atoms with Crippen LogP contribution in [0.5, 0.6) is 5.75 Å². The Labute approximate surface area is 252 Å². The number of carboxylic acid groups (broad SMARTS) is 1. The average Bonchev–Trinajstić information content (AvgIpc) is 3.39. The highest BCUT2D eigenvalue weighted by Gasteiger charge is 2.38. The van der Waals surface area contributed by atoms with E-state index in [2.05, 4.69) is 97.9 Å². The van der Waals surface area contributed by atoms with Crippen LogP contribution in [0.15, 0.2) is 91.0 Å². The van der Waals surface area contributed by atoms with Gasteiger partial charge in [-0.1, -0.05) is 131 Å². The highest BCUT2D eigenvalue weighted by atomic mass is 19.4. The molecule has 0 saturated heterocycles. The summed E-state index contributed by atoms with van der Waals surface area (Å²) in [4.78, 5) is 8.90. The Bertz CT molecular complexity index is 1460. The van der Waals surface area contributed by atoms with E-state index in [1.807, 2.05) is 0 Å². The minimum absolute atomic E-state index is 0.806. The molecule has 0 aliphatic heterocycles. The van der Waals surface area contributed by atoms with Crippen molar-refractivity contribution in [1.29, 1.82) is 0 Å². The number of alkyl halides is 3. The van der Waals surface area contributed by atoms with Crippen molar-refractivity contribution in [3.63, 3.8) is 0 Å². The topological polar surface area (TPSA) is 46.5 Å². The molecule has 1 N–H and O–H groups in total. The summed E-state index contributed by atoms with van der Waals surface area (Å²) in [6.07, 6.45) is 6.48. The van der Waals surface area contributed by atoms with Crippen molar-refractivity contribution in [1.82, 2.24) is 0 Å². The average molecular weight is 589 g/mol. The van der Waals surface area contributed by atoms with Crippen LogP contribution >= 0.6 is 0 Å². The lowest BCUT2D eigenvalue weighted by Gasteiger charge is -2.16. The Hall–Kier alpha value is -4.06. The summed E-state index contributed by atoms with van der Waals surface area (Å²) in [5.74, 6) is -1.79. The molecule has 226 valence electrons. The molecule has 1 aliphatic rings. The number of benzene rings is 4. The smallest absolute Gasteiger partial charge is 0.490 e. The summed E-state index contributed by atoms with van der Waals surface area (Å²) in [6, 6.07) is 33.0. The molecular weight excluding hydrogens is 549 g/mol. The van der Waals surface area contributed by atoms with E-state index < -0.39 is 12.1 Å². The first-order valence-electron chi connectivity index (χ1n) is 15.1. The fraction of sp³-hybridized carbons (Fsp3) is 0.324. The van der Waals surface area contributed by atoms with E-state index in [9.17, 15) is 13.2 Å². The Balaban J connectivity index is 0.000000541. The van der Waals surface area contributed by atoms with Crippen molar-refractivity contribution < 1.29 is 27.8 Å². The number of halogens is 3. The zero-order chi connectivity index (χ0) is 30.7. The molecule has 0 atom stereocenters. The molecule has 4 aromatic rings. The van der Waals surface area contributed by atoms with Gasteiger partial charge in [0.05, 0.1) is 6.61 Å². The highest BCUT2D eigenvalue weighted by Crippen LogP contribution is 2.46. The zero-order valence-corrected chi connectivity index (χ0v) is 24.6. The van der Waals surface area contributed by atoms with E-state index in [-0.39, 0.29) is 0 Å². The molecule has 0 radical (unpaired) electrons. The van der Waals surface area contributed by atoms with Gasteiger partial charge in [-0.3, -0.25) is 0 Å². The fourth-order valence-corrected chi connectivity index (χ4v) is 5.54. The molecule has 4 aromatic carbocycles. The molecular formula is C37H39F3O3. The van der Waals surface area contributed by atoms with Crippen molar-refractivity contribution in [3.8, 4) is 39.1 Å². The maximum Gasteiger partial charge on any atom is 0.490 e. The van der Waals surface area contributed by atoms with Crippen molar-refractivity contribution in [2.45, 2.75) is 70.9 Å². The quantitative estimate of drug-likeness (QED) is 0.148. The summed E-state index contributed by atoms with van der Waals surface area (Å²) in [6.45, 7) is 3.08. The van der Waals surface area contributed by atoms with Crippen LogP contribution in [0, 0.1) is 0 Å². The van der Waals surface area contributed by atoms with Crippen LogP contribution < -0.4 is 4.74 Å². The summed E-state index contributed by atoms with van der Waals surface area (Å²) in [5, 5.41) is 7.12. The molecule has 6 heteroatoms. The van der Waals surface area contributed by atoms with Gasteiger partial charge >= 0.3 is 12.1 Å². The number of hydrogen-bond acceptors (Lipinski definition) is 2. The first-order valence-corrected chi connectivity index (χ1v) is 15.1. The van der Waals surface area contributed by atoms with E-state index >= 15 is 0 Å². The van der Waals surface area contributed by atoms with Crippen molar-refractivity contribution in [3.05, 3.63) is 102 Å². The highest BCUT2D eigenvalue weighted by molar-refractivity contribution is 5.93. The number of fused-ring (bicyclic) bond motifs is 3. The van der Waals surface area contributed by atoms with Crippen LogP contribution in [-0.4, -0.2) is 23.9 Å². The van der Waals surface area contributed by atoms with Crippen LogP contribution in [0.3, 0.4) is 0 Å². The first kappa shape index (κ1) is 31.9. The lowest BCUT2D eigenvalue weighted by molar-refractivity contribution is -0.192. The van der Waals surface area contributed by atoms with Crippen LogP contribution in [-0.2, 0) is 11.2 Å². The molecule has 0 aromatic heterocycles. The van der Waals surface area contributed by atoms with Crippen molar-refractivity contribution in [2.75, 3.05) is 6.61 Å². The third-order valence-corrected chi connectivity index (χ3v) is 7.72. The van der Waals surface area contributed by atoms with Gasteiger partial charge in [0.1, 0.15) is 5.75 Å². The molecule has 0 bridgehead atoms. The van der Waals surface area contributed by atoms with Crippen molar-refractivity contribution >= 4 is 5.97 Å². The molecule has 5 rings (SSSR count). The van der Waals surface area contributed by atoms with Gasteiger partial charge in [0.25, 0.3) is 0 Å². The number of unbranched alkanes of at least 4 members (excludes halogenated alkanes) is 7. The predicted molar refractivity (Wildman–Crippen MR) is 167 cm³/mol. The molecule has 43 heavy (non-hydrogen) atoms. The van der Waals surface area contributed by atoms with E-state index in [1.165, 1.54) is 89.5 Å². The maximum atomic E-state index is 10.6. The minimum Gasteiger partial charge on any atom is -0.494 e. The van der Waals surface area contributed by atoms with E-state index in [0.717, 1.165) is 25.2 Å². The Morgan fingerprint density at radius 3 is 1.93 bits per heavy atom.